The van der Waals surface area contributed by atoms with E-state index in [1.807, 2.05) is 0 Å². The number of rotatable bonds is 1. The first-order chi connectivity index (χ1) is 5.11. The Bertz CT molecular complexity index is 160. The van der Waals surface area contributed by atoms with Crippen molar-refractivity contribution < 1.29 is 8.78 Å². The zero-order chi connectivity index (χ0) is 8.43. The van der Waals surface area contributed by atoms with Gasteiger partial charge >= 0.3 is 0 Å². The molecule has 1 rings (SSSR count). The molecule has 0 amide bonds. The largest absolute Gasteiger partial charge is 0.370 e. The third kappa shape index (κ3) is 1.78. The lowest BCUT2D eigenvalue weighted by Crippen LogP contribution is -2.34. The molecule has 0 aliphatic carbocycles. The number of halogens is 2. The highest BCUT2D eigenvalue weighted by molar-refractivity contribution is 5.74. The Kier molecular flexibility index (Phi) is 2.26. The summed E-state index contributed by atoms with van der Waals surface area (Å²) >= 11 is 0. The van der Waals surface area contributed by atoms with Gasteiger partial charge in [-0.15, -0.1) is 0 Å². The van der Waals surface area contributed by atoms with Gasteiger partial charge in [0.1, 0.15) is 0 Å². The van der Waals surface area contributed by atoms with Gasteiger partial charge in [-0.2, -0.15) is 0 Å². The van der Waals surface area contributed by atoms with Crippen LogP contribution in [0.1, 0.15) is 6.42 Å². The Morgan fingerprint density at radius 1 is 1.64 bits per heavy atom. The second-order valence-electron chi connectivity index (χ2n) is 2.71. The number of hydrogen-bond donors (Lipinski definition) is 2. The quantitative estimate of drug-likeness (QED) is 0.436. The molecule has 0 saturated carbocycles. The summed E-state index contributed by atoms with van der Waals surface area (Å²) in [5.41, 5.74) is 5.12. The molecule has 1 fully saturated rings. The third-order valence-corrected chi connectivity index (χ3v) is 1.92. The SMILES string of the molecule is N=C(N)N1CC[C@@H](C(F)F)C1. The van der Waals surface area contributed by atoms with Crippen molar-refractivity contribution >= 4 is 5.96 Å². The van der Waals surface area contributed by atoms with Crippen molar-refractivity contribution in [3.63, 3.8) is 0 Å². The summed E-state index contributed by atoms with van der Waals surface area (Å²) in [5.74, 6) is -0.702. The summed E-state index contributed by atoms with van der Waals surface area (Å²) in [6, 6.07) is 0. The van der Waals surface area contributed by atoms with Gasteiger partial charge in [-0.3, -0.25) is 5.41 Å². The molecule has 0 aromatic carbocycles. The van der Waals surface area contributed by atoms with Crippen LogP contribution in [0.5, 0.6) is 0 Å². The van der Waals surface area contributed by atoms with E-state index < -0.39 is 12.3 Å². The van der Waals surface area contributed by atoms with Crippen molar-refractivity contribution in [3.05, 3.63) is 0 Å². The molecule has 64 valence electrons. The highest BCUT2D eigenvalue weighted by atomic mass is 19.3. The topological polar surface area (TPSA) is 53.1 Å². The number of nitrogens with one attached hydrogen (secondary N) is 1. The summed E-state index contributed by atoms with van der Waals surface area (Å²) in [6.07, 6.45) is -1.84. The Balaban J connectivity index is 2.41. The fourth-order valence-electron chi connectivity index (χ4n) is 1.21. The average Bonchev–Trinajstić information content (AvgIpc) is 2.33. The molecule has 1 saturated heterocycles. The molecule has 0 radical (unpaired) electrons. The van der Waals surface area contributed by atoms with Crippen molar-refractivity contribution in [3.8, 4) is 0 Å². The summed E-state index contributed by atoms with van der Waals surface area (Å²) in [4.78, 5) is 1.47. The number of nitrogens with two attached hydrogens (primary N) is 1. The van der Waals surface area contributed by atoms with E-state index >= 15 is 0 Å². The maximum absolute atomic E-state index is 12.0. The molecule has 1 aliphatic rings. The standard InChI is InChI=1S/C6H11F2N3/c7-5(8)4-1-2-11(3-4)6(9)10/h4-5H,1-3H2,(H3,9,10)/t4-/m1/s1. The molecule has 1 heterocycles. The van der Waals surface area contributed by atoms with Crippen LogP contribution in [-0.2, 0) is 0 Å². The van der Waals surface area contributed by atoms with Gasteiger partial charge < -0.3 is 10.6 Å². The Morgan fingerprint density at radius 2 is 2.27 bits per heavy atom. The lowest BCUT2D eigenvalue weighted by molar-refractivity contribution is 0.0840. The minimum Gasteiger partial charge on any atom is -0.370 e. The zero-order valence-corrected chi connectivity index (χ0v) is 6.06. The second kappa shape index (κ2) is 3.02. The third-order valence-electron chi connectivity index (χ3n) is 1.92. The molecule has 0 spiro atoms. The first kappa shape index (κ1) is 8.23. The Hall–Kier alpha value is -0.870. The smallest absolute Gasteiger partial charge is 0.243 e. The molecule has 5 heteroatoms. The molecule has 0 unspecified atom stereocenters. The molecule has 1 atom stereocenters. The average molecular weight is 163 g/mol. The summed E-state index contributed by atoms with van der Waals surface area (Å²) in [7, 11) is 0. The van der Waals surface area contributed by atoms with Crippen LogP contribution in [0.2, 0.25) is 0 Å². The predicted octanol–water partition coefficient (Wildman–Crippen LogP) is 0.467. The fourth-order valence-corrected chi connectivity index (χ4v) is 1.21. The van der Waals surface area contributed by atoms with Crippen molar-refractivity contribution in [1.29, 1.82) is 5.41 Å². The van der Waals surface area contributed by atoms with E-state index in [9.17, 15) is 8.78 Å². The van der Waals surface area contributed by atoms with E-state index in [-0.39, 0.29) is 12.5 Å². The molecule has 0 aromatic rings. The molecular weight excluding hydrogens is 152 g/mol. The summed E-state index contributed by atoms with van der Waals surface area (Å²) < 4.78 is 24.1. The maximum Gasteiger partial charge on any atom is 0.243 e. The number of alkyl halides is 2. The molecule has 3 nitrogen and oxygen atoms in total. The first-order valence-electron chi connectivity index (χ1n) is 3.48. The van der Waals surface area contributed by atoms with Crippen molar-refractivity contribution in [2.24, 2.45) is 11.7 Å². The molecule has 1 aliphatic heterocycles. The normalized spacial score (nSPS) is 24.6. The van der Waals surface area contributed by atoms with Crippen molar-refractivity contribution in [1.82, 2.24) is 4.90 Å². The van der Waals surface area contributed by atoms with Crippen LogP contribution in [0.4, 0.5) is 8.78 Å². The van der Waals surface area contributed by atoms with E-state index in [1.165, 1.54) is 4.90 Å². The number of nitrogens with zero attached hydrogens (tertiary/aromatic N) is 1. The highest BCUT2D eigenvalue weighted by Crippen LogP contribution is 2.21. The number of guanidine groups is 1. The Morgan fingerprint density at radius 3 is 2.55 bits per heavy atom. The van der Waals surface area contributed by atoms with E-state index in [0.717, 1.165) is 0 Å². The van der Waals surface area contributed by atoms with Gasteiger partial charge in [-0.25, -0.2) is 8.78 Å². The summed E-state index contributed by atoms with van der Waals surface area (Å²) in [5, 5.41) is 6.98. The fraction of sp³-hybridized carbons (Fsp3) is 0.833. The van der Waals surface area contributed by atoms with Gasteiger partial charge in [-0.1, -0.05) is 0 Å². The number of likely N-dealkylation sites (tertiary alicyclic amines) is 1. The minimum absolute atomic E-state index is 0.104. The van der Waals surface area contributed by atoms with Gasteiger partial charge in [0, 0.05) is 19.0 Å². The van der Waals surface area contributed by atoms with Crippen LogP contribution in [0, 0.1) is 11.3 Å². The molecular formula is C6H11F2N3. The van der Waals surface area contributed by atoms with Gasteiger partial charge in [0.05, 0.1) is 0 Å². The zero-order valence-electron chi connectivity index (χ0n) is 6.06. The lowest BCUT2D eigenvalue weighted by Gasteiger charge is -2.14. The molecule has 3 N–H and O–H groups in total. The van der Waals surface area contributed by atoms with E-state index in [0.29, 0.717) is 13.0 Å². The Labute approximate surface area is 63.7 Å². The molecule has 11 heavy (non-hydrogen) atoms. The monoisotopic (exact) mass is 163 g/mol. The van der Waals surface area contributed by atoms with Gasteiger partial charge in [0.25, 0.3) is 0 Å². The van der Waals surface area contributed by atoms with E-state index in [2.05, 4.69) is 0 Å². The van der Waals surface area contributed by atoms with Crippen LogP contribution in [0.25, 0.3) is 0 Å². The van der Waals surface area contributed by atoms with Gasteiger partial charge in [0.15, 0.2) is 5.96 Å². The van der Waals surface area contributed by atoms with Gasteiger partial charge in [0.2, 0.25) is 6.43 Å². The predicted molar refractivity (Wildman–Crippen MR) is 37.6 cm³/mol. The second-order valence-corrected chi connectivity index (χ2v) is 2.71. The van der Waals surface area contributed by atoms with Crippen molar-refractivity contribution in [2.75, 3.05) is 13.1 Å². The van der Waals surface area contributed by atoms with Crippen LogP contribution < -0.4 is 5.73 Å². The lowest BCUT2D eigenvalue weighted by atomic mass is 10.1. The number of hydrogen-bond acceptors (Lipinski definition) is 1. The maximum atomic E-state index is 12.0. The van der Waals surface area contributed by atoms with Crippen LogP contribution in [-0.4, -0.2) is 30.4 Å². The van der Waals surface area contributed by atoms with E-state index in [1.54, 1.807) is 0 Å². The first-order valence-corrected chi connectivity index (χ1v) is 3.48. The van der Waals surface area contributed by atoms with Gasteiger partial charge in [-0.05, 0) is 6.42 Å². The van der Waals surface area contributed by atoms with Crippen LogP contribution >= 0.6 is 0 Å². The van der Waals surface area contributed by atoms with E-state index in [4.69, 9.17) is 11.1 Å². The summed E-state index contributed by atoms with van der Waals surface area (Å²) in [6.45, 7) is 0.720. The molecule has 0 bridgehead atoms. The van der Waals surface area contributed by atoms with Crippen LogP contribution in [0.3, 0.4) is 0 Å². The molecule has 0 aromatic heterocycles. The van der Waals surface area contributed by atoms with Crippen LogP contribution in [0.15, 0.2) is 0 Å². The van der Waals surface area contributed by atoms with Crippen molar-refractivity contribution in [2.45, 2.75) is 12.8 Å². The minimum atomic E-state index is -2.28. The highest BCUT2D eigenvalue weighted by Gasteiger charge is 2.29.